The minimum absolute atomic E-state index is 0.274. The Morgan fingerprint density at radius 3 is 2.58 bits per heavy atom. The van der Waals surface area contributed by atoms with Crippen molar-refractivity contribution in [3.8, 4) is 0 Å². The molecule has 5 heteroatoms. The van der Waals surface area contributed by atoms with Crippen molar-refractivity contribution in [3.05, 3.63) is 63.9 Å². The topological polar surface area (TPSA) is 55.1 Å². The van der Waals surface area contributed by atoms with Crippen LogP contribution in [0.2, 0.25) is 0 Å². The zero-order valence-corrected chi connectivity index (χ0v) is 11.6. The molecule has 0 aliphatic heterocycles. The zero-order valence-electron chi connectivity index (χ0n) is 9.99. The van der Waals surface area contributed by atoms with E-state index in [1.165, 1.54) is 18.2 Å². The van der Waals surface area contributed by atoms with Crippen LogP contribution in [0.4, 0.5) is 10.1 Å². The number of benzene rings is 2. The first-order valence-corrected chi connectivity index (χ1v) is 6.43. The van der Waals surface area contributed by atoms with Crippen LogP contribution in [0.3, 0.4) is 0 Å². The Kier molecular flexibility index (Phi) is 4.16. The van der Waals surface area contributed by atoms with Gasteiger partial charge in [-0.05, 0) is 51.8 Å². The van der Waals surface area contributed by atoms with Gasteiger partial charge in [0.15, 0.2) is 0 Å². The van der Waals surface area contributed by atoms with Gasteiger partial charge in [-0.1, -0.05) is 12.1 Å². The van der Waals surface area contributed by atoms with E-state index in [0.717, 1.165) is 5.56 Å². The second-order valence-corrected chi connectivity index (χ2v) is 4.90. The van der Waals surface area contributed by atoms with Crippen molar-refractivity contribution in [1.29, 1.82) is 0 Å². The summed E-state index contributed by atoms with van der Waals surface area (Å²) in [6.07, 6.45) is 0. The number of carbonyl (C=O) groups is 1. The van der Waals surface area contributed by atoms with Crippen molar-refractivity contribution in [2.24, 2.45) is 0 Å². The fourth-order valence-corrected chi connectivity index (χ4v) is 2.01. The lowest BCUT2D eigenvalue weighted by molar-refractivity contribution is 0.0949. The molecule has 0 unspecified atom stereocenters. The molecule has 2 rings (SSSR count). The molecule has 2 aromatic rings. The summed E-state index contributed by atoms with van der Waals surface area (Å²) in [5, 5.41) is 2.73. The fourth-order valence-electron chi connectivity index (χ4n) is 1.58. The highest BCUT2D eigenvalue weighted by molar-refractivity contribution is 9.10. The molecule has 0 saturated heterocycles. The Morgan fingerprint density at radius 1 is 1.21 bits per heavy atom. The second-order valence-electron chi connectivity index (χ2n) is 4.05. The molecule has 3 N–H and O–H groups in total. The predicted molar refractivity (Wildman–Crippen MR) is 76.1 cm³/mol. The van der Waals surface area contributed by atoms with Crippen molar-refractivity contribution in [1.82, 2.24) is 5.32 Å². The maximum atomic E-state index is 13.1. The van der Waals surface area contributed by atoms with Crippen molar-refractivity contribution in [3.63, 3.8) is 0 Å². The number of rotatable bonds is 3. The van der Waals surface area contributed by atoms with Gasteiger partial charge >= 0.3 is 0 Å². The lowest BCUT2D eigenvalue weighted by atomic mass is 10.2. The first-order valence-electron chi connectivity index (χ1n) is 5.64. The number of hydrogen-bond donors (Lipinski definition) is 2. The van der Waals surface area contributed by atoms with Gasteiger partial charge in [-0.25, -0.2) is 4.39 Å². The monoisotopic (exact) mass is 322 g/mol. The van der Waals surface area contributed by atoms with E-state index in [1.54, 1.807) is 12.1 Å². The van der Waals surface area contributed by atoms with Crippen LogP contribution in [0, 0.1) is 5.82 Å². The maximum absolute atomic E-state index is 13.1. The molecule has 1 amide bonds. The molecular weight excluding hydrogens is 311 g/mol. The summed E-state index contributed by atoms with van der Waals surface area (Å²) in [7, 11) is 0. The number of halogens is 2. The number of carbonyl (C=O) groups excluding carboxylic acids is 1. The SMILES string of the molecule is Nc1ccc(CNC(=O)c2cc(F)ccc2Br)cc1. The van der Waals surface area contributed by atoms with Crippen LogP contribution in [-0.4, -0.2) is 5.91 Å². The lowest BCUT2D eigenvalue weighted by Gasteiger charge is -2.07. The molecule has 0 aliphatic carbocycles. The number of amides is 1. The van der Waals surface area contributed by atoms with E-state index in [1.807, 2.05) is 12.1 Å². The highest BCUT2D eigenvalue weighted by Gasteiger charge is 2.10. The molecule has 0 bridgehead atoms. The molecule has 19 heavy (non-hydrogen) atoms. The summed E-state index contributed by atoms with van der Waals surface area (Å²) in [6.45, 7) is 0.363. The van der Waals surface area contributed by atoms with Gasteiger partial charge < -0.3 is 11.1 Å². The van der Waals surface area contributed by atoms with E-state index in [4.69, 9.17) is 5.73 Å². The second kappa shape index (κ2) is 5.84. The normalized spacial score (nSPS) is 10.2. The summed E-state index contributed by atoms with van der Waals surface area (Å²) < 4.78 is 13.7. The molecule has 0 saturated carbocycles. The predicted octanol–water partition coefficient (Wildman–Crippen LogP) is 3.10. The van der Waals surface area contributed by atoms with Crippen LogP contribution in [-0.2, 0) is 6.54 Å². The first-order chi connectivity index (χ1) is 9.06. The third-order valence-corrected chi connectivity index (χ3v) is 3.30. The Bertz CT molecular complexity index is 599. The van der Waals surface area contributed by atoms with Crippen LogP contribution in [0.1, 0.15) is 15.9 Å². The largest absolute Gasteiger partial charge is 0.399 e. The van der Waals surface area contributed by atoms with Crippen molar-refractivity contribution in [2.45, 2.75) is 6.54 Å². The van der Waals surface area contributed by atoms with Crippen molar-refractivity contribution >= 4 is 27.5 Å². The van der Waals surface area contributed by atoms with Gasteiger partial charge in [0.1, 0.15) is 5.82 Å². The number of anilines is 1. The highest BCUT2D eigenvalue weighted by Crippen LogP contribution is 2.17. The smallest absolute Gasteiger partial charge is 0.252 e. The van der Waals surface area contributed by atoms with Gasteiger partial charge in [-0.2, -0.15) is 0 Å². The maximum Gasteiger partial charge on any atom is 0.252 e. The van der Waals surface area contributed by atoms with Crippen molar-refractivity contribution < 1.29 is 9.18 Å². The van der Waals surface area contributed by atoms with Gasteiger partial charge in [0, 0.05) is 16.7 Å². The van der Waals surface area contributed by atoms with E-state index >= 15 is 0 Å². The number of nitrogen functional groups attached to an aromatic ring is 1. The molecule has 0 spiro atoms. The van der Waals surface area contributed by atoms with Crippen LogP contribution >= 0.6 is 15.9 Å². The van der Waals surface area contributed by atoms with Gasteiger partial charge in [0.25, 0.3) is 5.91 Å². The van der Waals surface area contributed by atoms with Crippen LogP contribution in [0.25, 0.3) is 0 Å². The summed E-state index contributed by atoms with van der Waals surface area (Å²) in [5.41, 5.74) is 7.44. The number of hydrogen-bond acceptors (Lipinski definition) is 2. The standard InChI is InChI=1S/C14H12BrFN2O/c15-13-6-3-10(16)7-12(13)14(19)18-8-9-1-4-11(17)5-2-9/h1-7H,8,17H2,(H,18,19). The van der Waals surface area contributed by atoms with Crippen LogP contribution in [0.5, 0.6) is 0 Å². The van der Waals surface area contributed by atoms with E-state index in [0.29, 0.717) is 16.7 Å². The molecule has 0 heterocycles. The zero-order chi connectivity index (χ0) is 13.8. The van der Waals surface area contributed by atoms with Gasteiger partial charge in [0.05, 0.1) is 5.56 Å². The summed E-state index contributed by atoms with van der Waals surface area (Å²) in [6, 6.07) is 11.2. The third kappa shape index (κ3) is 3.54. The first kappa shape index (κ1) is 13.5. The van der Waals surface area contributed by atoms with Crippen molar-refractivity contribution in [2.75, 3.05) is 5.73 Å². The Hall–Kier alpha value is -1.88. The average Bonchev–Trinajstić information content (AvgIpc) is 2.40. The third-order valence-electron chi connectivity index (χ3n) is 2.61. The summed E-state index contributed by atoms with van der Waals surface area (Å²) in [5.74, 6) is -0.774. The summed E-state index contributed by atoms with van der Waals surface area (Å²) in [4.78, 5) is 11.9. The summed E-state index contributed by atoms with van der Waals surface area (Å²) >= 11 is 3.22. The molecule has 98 valence electrons. The molecule has 0 aliphatic rings. The molecule has 0 aromatic heterocycles. The van der Waals surface area contributed by atoms with E-state index in [9.17, 15) is 9.18 Å². The van der Waals surface area contributed by atoms with Gasteiger partial charge in [-0.3, -0.25) is 4.79 Å². The van der Waals surface area contributed by atoms with Gasteiger partial charge in [-0.15, -0.1) is 0 Å². The Labute approximate surface area is 118 Å². The molecule has 0 radical (unpaired) electrons. The average molecular weight is 323 g/mol. The minimum Gasteiger partial charge on any atom is -0.399 e. The van der Waals surface area contributed by atoms with Crippen LogP contribution < -0.4 is 11.1 Å². The van der Waals surface area contributed by atoms with Crippen LogP contribution in [0.15, 0.2) is 46.9 Å². The Morgan fingerprint density at radius 2 is 1.89 bits per heavy atom. The molecule has 2 aromatic carbocycles. The highest BCUT2D eigenvalue weighted by atomic mass is 79.9. The molecule has 3 nitrogen and oxygen atoms in total. The van der Waals surface area contributed by atoms with E-state index in [2.05, 4.69) is 21.2 Å². The fraction of sp³-hybridized carbons (Fsp3) is 0.0714. The molecular formula is C14H12BrFN2O. The molecule has 0 fully saturated rings. The minimum atomic E-state index is -0.444. The quantitative estimate of drug-likeness (QED) is 0.853. The lowest BCUT2D eigenvalue weighted by Crippen LogP contribution is -2.23. The molecule has 0 atom stereocenters. The van der Waals surface area contributed by atoms with E-state index in [-0.39, 0.29) is 11.5 Å². The number of nitrogens with two attached hydrogens (primary N) is 1. The van der Waals surface area contributed by atoms with Gasteiger partial charge in [0.2, 0.25) is 0 Å². The Balaban J connectivity index is 2.05. The number of nitrogens with one attached hydrogen (secondary N) is 1. The van der Waals surface area contributed by atoms with E-state index < -0.39 is 5.82 Å².